The Morgan fingerprint density at radius 1 is 1.28 bits per heavy atom. The van der Waals surface area contributed by atoms with E-state index in [2.05, 4.69) is 16.1 Å². The van der Waals surface area contributed by atoms with Crippen molar-refractivity contribution in [1.29, 1.82) is 5.26 Å². The first-order chi connectivity index (χ1) is 14.0. The van der Waals surface area contributed by atoms with Crippen LogP contribution in [-0.4, -0.2) is 34.1 Å². The first kappa shape index (κ1) is 19.0. The number of carbonyl (C=O) groups excluding carboxylic acids is 1. The number of fused-ring (bicyclic) bond motifs is 1. The molecule has 1 aliphatic rings. The molecule has 0 spiro atoms. The Labute approximate surface area is 169 Å². The molecule has 0 bridgehead atoms. The normalized spacial score (nSPS) is 13.7. The van der Waals surface area contributed by atoms with Crippen molar-refractivity contribution in [2.24, 2.45) is 0 Å². The molecule has 146 valence electrons. The summed E-state index contributed by atoms with van der Waals surface area (Å²) in [5.74, 6) is -0.474. The summed E-state index contributed by atoms with van der Waals surface area (Å²) in [4.78, 5) is 15.2. The molecule has 1 aromatic heterocycles. The van der Waals surface area contributed by atoms with Crippen molar-refractivity contribution >= 4 is 5.78 Å². The third kappa shape index (κ3) is 3.69. The number of likely N-dealkylation sites (N-methyl/N-ethyl adjacent to an activating group) is 1. The van der Waals surface area contributed by atoms with Crippen LogP contribution >= 0.6 is 0 Å². The summed E-state index contributed by atoms with van der Waals surface area (Å²) >= 11 is 0. The molecule has 2 heterocycles. The number of Topliss-reactive ketones (excluding diaryl/α,β-unsaturated/α-hetero) is 1. The van der Waals surface area contributed by atoms with Gasteiger partial charge in [-0.25, -0.2) is 9.07 Å². The van der Waals surface area contributed by atoms with Gasteiger partial charge in [0.25, 0.3) is 0 Å². The van der Waals surface area contributed by atoms with Crippen molar-refractivity contribution in [3.8, 4) is 11.8 Å². The summed E-state index contributed by atoms with van der Waals surface area (Å²) < 4.78 is 16.6. The highest BCUT2D eigenvalue weighted by molar-refractivity contribution is 5.96. The molecule has 3 aromatic rings. The number of benzene rings is 2. The highest BCUT2D eigenvalue weighted by Gasteiger charge is 2.22. The largest absolute Gasteiger partial charge is 0.302 e. The molecule has 0 fully saturated rings. The minimum absolute atomic E-state index is 0.0297. The number of hydrogen-bond acceptors (Lipinski definition) is 4. The first-order valence-corrected chi connectivity index (χ1v) is 9.54. The van der Waals surface area contributed by atoms with Gasteiger partial charge in [0.2, 0.25) is 0 Å². The average Bonchev–Trinajstić information content (AvgIpc) is 3.12. The van der Waals surface area contributed by atoms with E-state index in [0.29, 0.717) is 34.6 Å². The van der Waals surface area contributed by atoms with E-state index in [-0.39, 0.29) is 18.0 Å². The van der Waals surface area contributed by atoms with Crippen molar-refractivity contribution in [1.82, 2.24) is 14.7 Å². The third-order valence-corrected chi connectivity index (χ3v) is 5.29. The maximum Gasteiger partial charge on any atom is 0.185 e. The molecule has 1 aliphatic heterocycles. The quantitative estimate of drug-likeness (QED) is 0.641. The van der Waals surface area contributed by atoms with E-state index in [0.717, 1.165) is 24.2 Å². The molecule has 0 unspecified atom stereocenters. The third-order valence-electron chi connectivity index (χ3n) is 5.29. The molecule has 0 saturated heterocycles. The van der Waals surface area contributed by atoms with Crippen LogP contribution in [0.25, 0.3) is 5.69 Å². The van der Waals surface area contributed by atoms with Gasteiger partial charge in [-0.2, -0.15) is 10.4 Å². The highest BCUT2D eigenvalue weighted by atomic mass is 19.1. The molecule has 6 heteroatoms. The molecule has 0 N–H and O–H groups in total. The van der Waals surface area contributed by atoms with E-state index < -0.39 is 0 Å². The summed E-state index contributed by atoms with van der Waals surface area (Å²) in [5, 5.41) is 13.5. The van der Waals surface area contributed by atoms with E-state index in [1.54, 1.807) is 43.3 Å². The molecule has 5 nitrogen and oxygen atoms in total. The summed E-state index contributed by atoms with van der Waals surface area (Å²) in [7, 11) is 2.02. The predicted octanol–water partition coefficient (Wildman–Crippen LogP) is 3.60. The maximum atomic E-state index is 15.1. The molecule has 0 aliphatic carbocycles. The molecular formula is C23H21FN4O. The fourth-order valence-corrected chi connectivity index (χ4v) is 3.80. The van der Waals surface area contributed by atoms with Gasteiger partial charge in [0.1, 0.15) is 11.5 Å². The average molecular weight is 388 g/mol. The fraction of sp³-hybridized carbons (Fsp3) is 0.261. The number of nitriles is 1. The van der Waals surface area contributed by atoms with Crippen molar-refractivity contribution in [3.05, 3.63) is 81.9 Å². The van der Waals surface area contributed by atoms with Crippen LogP contribution in [0.3, 0.4) is 0 Å². The summed E-state index contributed by atoms with van der Waals surface area (Å²) in [6.07, 6.45) is 0.621. The fourth-order valence-electron chi connectivity index (χ4n) is 3.80. The van der Waals surface area contributed by atoms with Crippen molar-refractivity contribution in [2.45, 2.75) is 26.3 Å². The number of aromatic nitrogens is 2. The van der Waals surface area contributed by atoms with Crippen LogP contribution in [0.1, 0.15) is 38.4 Å². The molecule has 0 amide bonds. The smallest absolute Gasteiger partial charge is 0.185 e. The number of rotatable bonds is 4. The Hall–Kier alpha value is -3.30. The Morgan fingerprint density at radius 2 is 2.10 bits per heavy atom. The van der Waals surface area contributed by atoms with Gasteiger partial charge in [0, 0.05) is 19.5 Å². The van der Waals surface area contributed by atoms with Gasteiger partial charge in [-0.05, 0) is 61.3 Å². The molecular weight excluding hydrogens is 367 g/mol. The Morgan fingerprint density at radius 3 is 2.90 bits per heavy atom. The predicted molar refractivity (Wildman–Crippen MR) is 107 cm³/mol. The number of halogens is 1. The van der Waals surface area contributed by atoms with Crippen LogP contribution in [0, 0.1) is 24.1 Å². The van der Waals surface area contributed by atoms with Crippen LogP contribution < -0.4 is 0 Å². The van der Waals surface area contributed by atoms with Crippen molar-refractivity contribution in [3.63, 3.8) is 0 Å². The number of carbonyl (C=O) groups is 1. The van der Waals surface area contributed by atoms with Gasteiger partial charge >= 0.3 is 0 Å². The van der Waals surface area contributed by atoms with E-state index >= 15 is 4.39 Å². The Kier molecular flexibility index (Phi) is 4.99. The second-order valence-electron chi connectivity index (χ2n) is 7.51. The highest BCUT2D eigenvalue weighted by Crippen LogP contribution is 2.25. The number of ketones is 1. The minimum atomic E-state index is -0.266. The second kappa shape index (κ2) is 7.61. The van der Waals surface area contributed by atoms with Crippen LogP contribution in [0.5, 0.6) is 0 Å². The lowest BCUT2D eigenvalue weighted by molar-refractivity contribution is 0.0984. The molecule has 2 aromatic carbocycles. The lowest BCUT2D eigenvalue weighted by atomic mass is 9.94. The summed E-state index contributed by atoms with van der Waals surface area (Å²) in [5.41, 5.74) is 4.31. The second-order valence-corrected chi connectivity index (χ2v) is 7.51. The molecule has 29 heavy (non-hydrogen) atoms. The van der Waals surface area contributed by atoms with Crippen molar-refractivity contribution in [2.75, 3.05) is 13.6 Å². The van der Waals surface area contributed by atoms with Gasteiger partial charge in [-0.3, -0.25) is 4.79 Å². The number of nitrogens with zero attached hydrogens (tertiary/aromatic N) is 4. The lowest BCUT2D eigenvalue weighted by Gasteiger charge is -2.26. The Balaban J connectivity index is 1.66. The van der Waals surface area contributed by atoms with E-state index in [1.165, 1.54) is 4.68 Å². The van der Waals surface area contributed by atoms with Crippen LogP contribution in [-0.2, 0) is 19.4 Å². The van der Waals surface area contributed by atoms with Gasteiger partial charge in [-0.1, -0.05) is 18.2 Å². The van der Waals surface area contributed by atoms with E-state index in [9.17, 15) is 4.79 Å². The zero-order valence-corrected chi connectivity index (χ0v) is 16.4. The van der Waals surface area contributed by atoms with E-state index in [1.807, 2.05) is 13.1 Å². The minimum Gasteiger partial charge on any atom is -0.302 e. The number of hydrogen-bond donors (Lipinski definition) is 0. The van der Waals surface area contributed by atoms with Gasteiger partial charge in [0.15, 0.2) is 5.78 Å². The van der Waals surface area contributed by atoms with Crippen LogP contribution in [0.2, 0.25) is 0 Å². The zero-order valence-electron chi connectivity index (χ0n) is 16.4. The maximum absolute atomic E-state index is 15.1. The number of aryl methyl sites for hydroxylation is 1. The lowest BCUT2D eigenvalue weighted by Crippen LogP contribution is -2.27. The zero-order chi connectivity index (χ0) is 20.5. The standard InChI is InChI=1S/C23H21FN4O/c1-15-10-21(28(26-15)19-5-3-4-16(11-19)13-25)22(29)12-17-6-7-18-14-27(2)9-8-20(18)23(17)24/h3-7,10-11H,8-9,12,14H2,1-2H3. The SMILES string of the molecule is Cc1cc(C(=O)Cc2ccc3c(c2F)CCN(C)C3)n(-c2cccc(C#N)c2)n1. The summed E-state index contributed by atoms with van der Waals surface area (Å²) in [6, 6.07) is 14.4. The van der Waals surface area contributed by atoms with Gasteiger partial charge in [-0.15, -0.1) is 0 Å². The topological polar surface area (TPSA) is 61.9 Å². The monoisotopic (exact) mass is 388 g/mol. The van der Waals surface area contributed by atoms with Crippen molar-refractivity contribution < 1.29 is 9.18 Å². The van der Waals surface area contributed by atoms with E-state index in [4.69, 9.17) is 5.26 Å². The Bertz CT molecular complexity index is 1140. The molecule has 4 rings (SSSR count). The van der Waals surface area contributed by atoms with Gasteiger partial charge < -0.3 is 4.90 Å². The first-order valence-electron chi connectivity index (χ1n) is 9.54. The molecule has 0 radical (unpaired) electrons. The van der Waals surface area contributed by atoms with Gasteiger partial charge in [0.05, 0.1) is 23.0 Å². The summed E-state index contributed by atoms with van der Waals surface area (Å²) in [6.45, 7) is 3.33. The molecule has 0 saturated carbocycles. The van der Waals surface area contributed by atoms with Crippen LogP contribution in [0.4, 0.5) is 4.39 Å². The molecule has 0 atom stereocenters. The van der Waals surface area contributed by atoms with Crippen LogP contribution in [0.15, 0.2) is 42.5 Å².